The maximum absolute atomic E-state index is 12.5. The zero-order valence-corrected chi connectivity index (χ0v) is 13.9. The summed E-state index contributed by atoms with van der Waals surface area (Å²) >= 11 is 7.36. The fourth-order valence-corrected chi connectivity index (χ4v) is 3.13. The molecule has 4 aromatic rings. The number of amides is 1. The predicted octanol–water partition coefficient (Wildman–Crippen LogP) is 4.36. The molecule has 2 aromatic carbocycles. The third-order valence-corrected chi connectivity index (χ3v) is 4.46. The van der Waals surface area contributed by atoms with Gasteiger partial charge in [0.25, 0.3) is 5.91 Å². The Bertz CT molecular complexity index is 1010. The molecule has 118 valence electrons. The molecule has 0 aliphatic rings. The van der Waals surface area contributed by atoms with E-state index < -0.39 is 0 Å². The predicted molar refractivity (Wildman–Crippen MR) is 95.7 cm³/mol. The number of imidazole rings is 1. The molecule has 0 atom stereocenters. The van der Waals surface area contributed by atoms with Crippen LogP contribution >= 0.6 is 22.9 Å². The first-order valence-corrected chi connectivity index (χ1v) is 8.43. The second kappa shape index (κ2) is 6.07. The third-order valence-electron chi connectivity index (χ3n) is 3.53. The largest absolute Gasteiger partial charge is 0.305 e. The maximum atomic E-state index is 12.5. The van der Waals surface area contributed by atoms with Crippen molar-refractivity contribution in [3.8, 4) is 11.3 Å². The van der Waals surface area contributed by atoms with E-state index in [0.29, 0.717) is 27.1 Å². The molecule has 0 saturated heterocycles. The van der Waals surface area contributed by atoms with Crippen LogP contribution in [0.2, 0.25) is 5.02 Å². The molecule has 7 heteroatoms. The van der Waals surface area contributed by atoms with E-state index >= 15 is 0 Å². The Labute approximate surface area is 146 Å². The number of carbonyl (C=O) groups excluding carboxylic acids is 1. The number of hydrogen-bond donors (Lipinski definition) is 1. The molecule has 0 radical (unpaired) electrons. The van der Waals surface area contributed by atoms with Gasteiger partial charge in [0.15, 0.2) is 5.82 Å². The van der Waals surface area contributed by atoms with Gasteiger partial charge in [0.05, 0.1) is 0 Å². The second-order valence-corrected chi connectivity index (χ2v) is 6.32. The minimum Gasteiger partial charge on any atom is -0.305 e. The molecule has 24 heavy (non-hydrogen) atoms. The molecular formula is C17H11ClN4OS. The Kier molecular flexibility index (Phi) is 3.76. The number of anilines is 1. The monoisotopic (exact) mass is 354 g/mol. The molecule has 2 aromatic heterocycles. The molecule has 0 spiro atoms. The molecule has 4 rings (SSSR count). The first-order chi connectivity index (χ1) is 11.7. The van der Waals surface area contributed by atoms with Crippen LogP contribution in [0.5, 0.6) is 0 Å². The molecule has 5 nitrogen and oxygen atoms in total. The molecule has 0 unspecified atom stereocenters. The van der Waals surface area contributed by atoms with E-state index in [1.54, 1.807) is 34.3 Å². The summed E-state index contributed by atoms with van der Waals surface area (Å²) in [4.78, 5) is 17.8. The molecule has 0 aliphatic carbocycles. The summed E-state index contributed by atoms with van der Waals surface area (Å²) in [5.41, 5.74) is 3.78. The van der Waals surface area contributed by atoms with Crippen LogP contribution < -0.4 is 5.32 Å². The second-order valence-electron chi connectivity index (χ2n) is 5.07. The van der Waals surface area contributed by atoms with Gasteiger partial charge in [-0.15, -0.1) is 0 Å². The number of hydrogen-bond acceptors (Lipinski definition) is 4. The first-order valence-electron chi connectivity index (χ1n) is 7.17. The lowest BCUT2D eigenvalue weighted by atomic mass is 10.1. The van der Waals surface area contributed by atoms with Gasteiger partial charge >= 0.3 is 0 Å². The highest BCUT2D eigenvalue weighted by atomic mass is 35.5. The highest BCUT2D eigenvalue weighted by Crippen LogP contribution is 2.30. The lowest BCUT2D eigenvalue weighted by Crippen LogP contribution is -2.14. The molecule has 0 fully saturated rings. The normalized spacial score (nSPS) is 10.9. The van der Waals surface area contributed by atoms with Gasteiger partial charge in [-0.2, -0.15) is 9.61 Å². The maximum Gasteiger partial charge on any atom is 0.256 e. The Hall–Kier alpha value is -2.70. The molecule has 1 N–H and O–H groups in total. The molecule has 0 aliphatic heterocycles. The number of carbonyl (C=O) groups is 1. The van der Waals surface area contributed by atoms with Crippen molar-refractivity contribution < 1.29 is 4.79 Å². The summed E-state index contributed by atoms with van der Waals surface area (Å²) in [5.74, 6) is 0.336. The molecule has 1 amide bonds. The number of fused-ring (bicyclic) bond motifs is 1. The van der Waals surface area contributed by atoms with Crippen molar-refractivity contribution in [1.29, 1.82) is 0 Å². The van der Waals surface area contributed by atoms with Crippen molar-refractivity contribution in [2.24, 2.45) is 0 Å². The van der Waals surface area contributed by atoms with E-state index in [-0.39, 0.29) is 5.91 Å². The Morgan fingerprint density at radius 2 is 1.83 bits per heavy atom. The Balaban J connectivity index is 1.78. The number of rotatable bonds is 3. The van der Waals surface area contributed by atoms with Crippen molar-refractivity contribution in [1.82, 2.24) is 14.6 Å². The number of benzene rings is 2. The van der Waals surface area contributed by atoms with Gasteiger partial charge in [0.1, 0.15) is 11.2 Å². The van der Waals surface area contributed by atoms with E-state index in [4.69, 9.17) is 11.6 Å². The van der Waals surface area contributed by atoms with Crippen molar-refractivity contribution in [2.45, 2.75) is 0 Å². The van der Waals surface area contributed by atoms with Crippen LogP contribution in [0.3, 0.4) is 0 Å². The van der Waals surface area contributed by atoms with Crippen LogP contribution in [0.4, 0.5) is 5.82 Å². The summed E-state index contributed by atoms with van der Waals surface area (Å²) in [5, 5.41) is 7.83. The summed E-state index contributed by atoms with van der Waals surface area (Å²) < 4.78 is 1.63. The van der Waals surface area contributed by atoms with E-state index in [1.165, 1.54) is 11.3 Å². The third kappa shape index (κ3) is 2.66. The van der Waals surface area contributed by atoms with Gasteiger partial charge in [-0.1, -0.05) is 53.3 Å². The van der Waals surface area contributed by atoms with Crippen molar-refractivity contribution in [3.05, 3.63) is 70.7 Å². The highest BCUT2D eigenvalue weighted by Gasteiger charge is 2.18. The average molecular weight is 355 g/mol. The molecule has 2 heterocycles. The topological polar surface area (TPSA) is 59.3 Å². The fraction of sp³-hybridized carbons (Fsp3) is 0. The summed E-state index contributed by atoms with van der Waals surface area (Å²) in [6, 6.07) is 16.4. The average Bonchev–Trinajstić information content (AvgIpc) is 3.19. The molecule has 0 bridgehead atoms. The van der Waals surface area contributed by atoms with Gasteiger partial charge in [-0.3, -0.25) is 4.79 Å². The van der Waals surface area contributed by atoms with Crippen LogP contribution in [0.25, 0.3) is 16.2 Å². The SMILES string of the molecule is O=C(Nc1c(-c2ccc(Cl)cc2)nc2scnn12)c1ccccc1. The minimum absolute atomic E-state index is 0.208. The van der Waals surface area contributed by atoms with Crippen LogP contribution in [0.15, 0.2) is 60.1 Å². The lowest BCUT2D eigenvalue weighted by molar-refractivity contribution is 0.102. The Morgan fingerprint density at radius 1 is 1.08 bits per heavy atom. The summed E-state index contributed by atoms with van der Waals surface area (Å²) in [6.45, 7) is 0. The number of nitrogens with one attached hydrogen (secondary N) is 1. The van der Waals surface area contributed by atoms with Crippen molar-refractivity contribution in [3.63, 3.8) is 0 Å². The Morgan fingerprint density at radius 3 is 2.58 bits per heavy atom. The number of nitrogens with zero attached hydrogens (tertiary/aromatic N) is 3. The quantitative estimate of drug-likeness (QED) is 0.594. The molecular weight excluding hydrogens is 344 g/mol. The molecule has 0 saturated carbocycles. The van der Waals surface area contributed by atoms with Gasteiger partial charge in [0.2, 0.25) is 4.96 Å². The fourth-order valence-electron chi connectivity index (χ4n) is 2.38. The number of halogens is 1. The van der Waals surface area contributed by atoms with Gasteiger partial charge in [-0.05, 0) is 24.3 Å². The van der Waals surface area contributed by atoms with Crippen LogP contribution in [-0.2, 0) is 0 Å². The highest BCUT2D eigenvalue weighted by molar-refractivity contribution is 7.14. The van der Waals surface area contributed by atoms with Crippen LogP contribution in [0.1, 0.15) is 10.4 Å². The lowest BCUT2D eigenvalue weighted by Gasteiger charge is -2.06. The first kappa shape index (κ1) is 14.9. The van der Waals surface area contributed by atoms with E-state index in [9.17, 15) is 4.79 Å². The minimum atomic E-state index is -0.208. The summed E-state index contributed by atoms with van der Waals surface area (Å²) in [7, 11) is 0. The van der Waals surface area contributed by atoms with Gasteiger partial charge in [-0.25, -0.2) is 4.98 Å². The van der Waals surface area contributed by atoms with Gasteiger partial charge < -0.3 is 5.32 Å². The van der Waals surface area contributed by atoms with Crippen LogP contribution in [0, 0.1) is 0 Å². The van der Waals surface area contributed by atoms with E-state index in [0.717, 1.165) is 5.56 Å². The zero-order chi connectivity index (χ0) is 16.5. The van der Waals surface area contributed by atoms with Crippen LogP contribution in [-0.4, -0.2) is 20.5 Å². The number of aromatic nitrogens is 3. The smallest absolute Gasteiger partial charge is 0.256 e. The van der Waals surface area contributed by atoms with Crippen molar-refractivity contribution >= 4 is 39.6 Å². The van der Waals surface area contributed by atoms with E-state index in [2.05, 4.69) is 15.4 Å². The zero-order valence-electron chi connectivity index (χ0n) is 12.3. The van der Waals surface area contributed by atoms with E-state index in [1.807, 2.05) is 30.3 Å². The van der Waals surface area contributed by atoms with Gasteiger partial charge in [0, 0.05) is 16.1 Å². The van der Waals surface area contributed by atoms with Crippen molar-refractivity contribution in [2.75, 3.05) is 5.32 Å². The standard InChI is InChI=1S/C17H11ClN4OS/c18-13-8-6-11(7-9-13)14-15(22-17(20-14)24-10-19-22)21-16(23)12-4-2-1-3-5-12/h1-10H,(H,21,23). The summed E-state index contributed by atoms with van der Waals surface area (Å²) in [6.07, 6.45) is 0.